The molecule has 0 unspecified atom stereocenters. The van der Waals surface area contributed by atoms with E-state index in [1.54, 1.807) is 6.07 Å². The number of nitrogens with one attached hydrogen (secondary N) is 1. The van der Waals surface area contributed by atoms with Crippen molar-refractivity contribution in [2.24, 2.45) is 0 Å². The van der Waals surface area contributed by atoms with Crippen LogP contribution in [-0.4, -0.2) is 5.11 Å². The molecule has 0 atom stereocenters. The molecule has 2 aromatic rings. The largest absolute Gasteiger partial charge is 0.506 e. The maximum absolute atomic E-state index is 9.88. The van der Waals surface area contributed by atoms with Gasteiger partial charge in [-0.3, -0.25) is 0 Å². The lowest BCUT2D eigenvalue weighted by atomic mass is 10.1. The van der Waals surface area contributed by atoms with Crippen molar-refractivity contribution in [3.8, 4) is 5.75 Å². The van der Waals surface area contributed by atoms with Crippen LogP contribution in [0, 0.1) is 6.92 Å². The maximum atomic E-state index is 9.88. The number of anilines is 1. The van der Waals surface area contributed by atoms with E-state index in [1.807, 2.05) is 25.1 Å². The zero-order chi connectivity index (χ0) is 14.0. The van der Waals surface area contributed by atoms with Gasteiger partial charge >= 0.3 is 0 Å². The van der Waals surface area contributed by atoms with Crippen LogP contribution in [0.4, 0.5) is 5.69 Å². The van der Waals surface area contributed by atoms with Crippen molar-refractivity contribution in [1.82, 2.24) is 0 Å². The summed E-state index contributed by atoms with van der Waals surface area (Å²) in [4.78, 5) is 0. The summed E-state index contributed by atoms with van der Waals surface area (Å²) in [6.45, 7) is 2.34. The molecule has 2 N–H and O–H groups in total. The molecule has 0 aromatic heterocycles. The van der Waals surface area contributed by atoms with Gasteiger partial charge in [0.2, 0.25) is 0 Å². The molecule has 0 saturated heterocycles. The number of hydrogen-bond acceptors (Lipinski definition) is 2. The predicted molar refractivity (Wildman–Crippen MR) is 81.6 cm³/mol. The maximum Gasteiger partial charge on any atom is 0.139 e. The lowest BCUT2D eigenvalue weighted by Gasteiger charge is -2.13. The van der Waals surface area contributed by atoms with Gasteiger partial charge in [-0.05, 0) is 30.7 Å². The highest BCUT2D eigenvalue weighted by atomic mass is 35.5. The molecule has 0 spiro atoms. The number of aryl methyl sites for hydroxylation is 1. The number of phenolic OH excluding ortho intramolecular Hbond substituents is 1. The standard InChI is InChI=1S/C14H12Cl3NO/c1-8-3-2-4-11(16)13(8)18-7-9-5-10(15)6-12(17)14(9)19/h2-6,18-19H,7H2,1H3. The lowest BCUT2D eigenvalue weighted by Crippen LogP contribution is -2.02. The van der Waals surface area contributed by atoms with Gasteiger partial charge in [-0.25, -0.2) is 0 Å². The minimum absolute atomic E-state index is 0.0308. The van der Waals surface area contributed by atoms with Crippen molar-refractivity contribution < 1.29 is 5.11 Å². The third-order valence-corrected chi connectivity index (χ3v) is 3.61. The number of rotatable bonds is 3. The fourth-order valence-corrected chi connectivity index (χ4v) is 2.62. The molecule has 0 heterocycles. The number of benzene rings is 2. The minimum Gasteiger partial charge on any atom is -0.506 e. The van der Waals surface area contributed by atoms with Crippen molar-refractivity contribution >= 4 is 40.5 Å². The SMILES string of the molecule is Cc1cccc(Cl)c1NCc1cc(Cl)cc(Cl)c1O. The summed E-state index contributed by atoms with van der Waals surface area (Å²) in [5.74, 6) is 0.0308. The Morgan fingerprint density at radius 2 is 1.84 bits per heavy atom. The van der Waals surface area contributed by atoms with E-state index in [2.05, 4.69) is 5.32 Å². The Hall–Kier alpha value is -1.09. The molecule has 0 aliphatic carbocycles. The van der Waals surface area contributed by atoms with Crippen LogP contribution in [0.15, 0.2) is 30.3 Å². The lowest BCUT2D eigenvalue weighted by molar-refractivity contribution is 0.469. The van der Waals surface area contributed by atoms with E-state index in [-0.39, 0.29) is 10.8 Å². The number of hydrogen-bond donors (Lipinski definition) is 2. The summed E-state index contributed by atoms with van der Waals surface area (Å²) in [6, 6.07) is 8.82. The monoisotopic (exact) mass is 315 g/mol. The van der Waals surface area contributed by atoms with Gasteiger partial charge in [-0.15, -0.1) is 0 Å². The van der Waals surface area contributed by atoms with Crippen molar-refractivity contribution in [1.29, 1.82) is 0 Å². The van der Waals surface area contributed by atoms with Crippen LogP contribution in [-0.2, 0) is 6.54 Å². The van der Waals surface area contributed by atoms with Crippen LogP contribution in [0.5, 0.6) is 5.75 Å². The fourth-order valence-electron chi connectivity index (χ4n) is 1.79. The van der Waals surface area contributed by atoms with E-state index >= 15 is 0 Å². The second kappa shape index (κ2) is 5.91. The Kier molecular flexibility index (Phi) is 4.46. The topological polar surface area (TPSA) is 32.3 Å². The third kappa shape index (κ3) is 3.27. The number of halogens is 3. The third-order valence-electron chi connectivity index (χ3n) is 2.78. The van der Waals surface area contributed by atoms with Gasteiger partial charge in [-0.1, -0.05) is 46.9 Å². The van der Waals surface area contributed by atoms with Crippen LogP contribution in [0.25, 0.3) is 0 Å². The highest BCUT2D eigenvalue weighted by molar-refractivity contribution is 6.35. The van der Waals surface area contributed by atoms with Gasteiger partial charge in [0, 0.05) is 17.1 Å². The molecule has 0 fully saturated rings. The average Bonchev–Trinajstić information content (AvgIpc) is 2.34. The van der Waals surface area contributed by atoms with Gasteiger partial charge < -0.3 is 10.4 Å². The van der Waals surface area contributed by atoms with Crippen LogP contribution in [0.1, 0.15) is 11.1 Å². The molecule has 0 aliphatic rings. The molecule has 0 radical (unpaired) electrons. The molecule has 19 heavy (non-hydrogen) atoms. The first-order valence-corrected chi connectivity index (χ1v) is 6.78. The van der Waals surface area contributed by atoms with Crippen molar-refractivity contribution in [3.63, 3.8) is 0 Å². The number of para-hydroxylation sites is 1. The summed E-state index contributed by atoms with van der Waals surface area (Å²) in [5, 5.41) is 14.4. The van der Waals surface area contributed by atoms with E-state index in [1.165, 1.54) is 6.07 Å². The van der Waals surface area contributed by atoms with Crippen molar-refractivity contribution in [3.05, 3.63) is 56.5 Å². The molecular weight excluding hydrogens is 305 g/mol. The van der Waals surface area contributed by atoms with Gasteiger partial charge in [0.1, 0.15) is 5.75 Å². The van der Waals surface area contributed by atoms with Gasteiger partial charge in [0.25, 0.3) is 0 Å². The van der Waals surface area contributed by atoms with Crippen LogP contribution < -0.4 is 5.32 Å². The first-order chi connectivity index (χ1) is 8.99. The highest BCUT2D eigenvalue weighted by Crippen LogP contribution is 2.32. The number of phenols is 1. The van der Waals surface area contributed by atoms with Gasteiger partial charge in [0.05, 0.1) is 15.7 Å². The van der Waals surface area contributed by atoms with E-state index < -0.39 is 0 Å². The van der Waals surface area contributed by atoms with Crippen LogP contribution >= 0.6 is 34.8 Å². The Labute approximate surface area is 126 Å². The normalized spacial score (nSPS) is 10.5. The first kappa shape index (κ1) is 14.3. The van der Waals surface area contributed by atoms with Crippen molar-refractivity contribution in [2.75, 3.05) is 5.32 Å². The quantitative estimate of drug-likeness (QED) is 0.808. The zero-order valence-corrected chi connectivity index (χ0v) is 12.4. The van der Waals surface area contributed by atoms with Gasteiger partial charge in [0.15, 0.2) is 0 Å². The molecule has 0 amide bonds. The first-order valence-electron chi connectivity index (χ1n) is 5.65. The van der Waals surface area contributed by atoms with Crippen LogP contribution in [0.2, 0.25) is 15.1 Å². The summed E-state index contributed by atoms with van der Waals surface area (Å²) in [7, 11) is 0. The Balaban J connectivity index is 2.24. The fraction of sp³-hybridized carbons (Fsp3) is 0.143. The molecule has 5 heteroatoms. The summed E-state index contributed by atoms with van der Waals surface area (Å²) < 4.78 is 0. The molecule has 2 nitrogen and oxygen atoms in total. The molecule has 0 saturated carbocycles. The smallest absolute Gasteiger partial charge is 0.139 e. The van der Waals surface area contributed by atoms with Gasteiger partial charge in [-0.2, -0.15) is 0 Å². The average molecular weight is 317 g/mol. The van der Waals surface area contributed by atoms with E-state index in [0.717, 1.165) is 11.3 Å². The second-order valence-corrected chi connectivity index (χ2v) is 5.43. The Morgan fingerprint density at radius 3 is 2.53 bits per heavy atom. The Morgan fingerprint density at radius 1 is 1.11 bits per heavy atom. The van der Waals surface area contributed by atoms with E-state index in [4.69, 9.17) is 34.8 Å². The highest BCUT2D eigenvalue weighted by Gasteiger charge is 2.09. The Bertz CT molecular complexity index is 594. The summed E-state index contributed by atoms with van der Waals surface area (Å²) in [6.07, 6.45) is 0. The van der Waals surface area contributed by atoms with Crippen LogP contribution in [0.3, 0.4) is 0 Å². The second-order valence-electron chi connectivity index (χ2n) is 4.18. The van der Waals surface area contributed by atoms with E-state index in [9.17, 15) is 5.11 Å². The summed E-state index contributed by atoms with van der Waals surface area (Å²) >= 11 is 17.9. The number of aromatic hydroxyl groups is 1. The molecule has 2 rings (SSSR count). The molecule has 100 valence electrons. The molecular formula is C14H12Cl3NO. The predicted octanol–water partition coefficient (Wildman–Crippen LogP) is 5.27. The summed E-state index contributed by atoms with van der Waals surface area (Å²) in [5.41, 5.74) is 2.48. The van der Waals surface area contributed by atoms with E-state index in [0.29, 0.717) is 22.2 Å². The van der Waals surface area contributed by atoms with Crippen molar-refractivity contribution in [2.45, 2.75) is 13.5 Å². The minimum atomic E-state index is 0.0308. The molecule has 0 bridgehead atoms. The molecule has 2 aromatic carbocycles. The molecule has 0 aliphatic heterocycles. The zero-order valence-electron chi connectivity index (χ0n) is 10.2.